The zero-order valence-corrected chi connectivity index (χ0v) is 28.4. The summed E-state index contributed by atoms with van der Waals surface area (Å²) < 4.78 is 2.63. The van der Waals surface area contributed by atoms with E-state index in [9.17, 15) is 0 Å². The normalized spacial score (nSPS) is 14.5. The molecule has 1 aliphatic rings. The summed E-state index contributed by atoms with van der Waals surface area (Å²) in [6.07, 6.45) is -0.467. The summed E-state index contributed by atoms with van der Waals surface area (Å²) in [6.45, 7) is 0. The van der Waals surface area contributed by atoms with Gasteiger partial charge in [0, 0.05) is 36.9 Å². The van der Waals surface area contributed by atoms with E-state index in [-0.39, 0.29) is 0 Å². The molecule has 4 heteroatoms. The molecular weight excluding hydrogens is 639 g/mol. The van der Waals surface area contributed by atoms with E-state index in [0.29, 0.717) is 0 Å². The first-order valence-electron chi connectivity index (χ1n) is 17.3. The maximum Gasteiger partial charge on any atom is 0.170 e. The van der Waals surface area contributed by atoms with Gasteiger partial charge in [-0.1, -0.05) is 158 Å². The molecule has 0 aliphatic carbocycles. The molecule has 0 saturated carbocycles. The minimum atomic E-state index is -0.467. The van der Waals surface area contributed by atoms with Crippen molar-refractivity contribution < 1.29 is 0 Å². The smallest absolute Gasteiger partial charge is 0.170 e. The summed E-state index contributed by atoms with van der Waals surface area (Å²) in [5.41, 5.74) is 7.87. The summed E-state index contributed by atoms with van der Waals surface area (Å²) in [5, 5.41) is 11.0. The van der Waals surface area contributed by atoms with Crippen molar-refractivity contribution in [2.45, 2.75) is 6.17 Å². The number of thiophene rings is 1. The Hall–Kier alpha value is -6.36. The van der Waals surface area contributed by atoms with E-state index in [2.05, 4.69) is 175 Å². The van der Waals surface area contributed by atoms with Gasteiger partial charge in [0.05, 0.1) is 0 Å². The van der Waals surface area contributed by atoms with Crippen LogP contribution in [0.5, 0.6) is 0 Å². The molecule has 1 aliphatic heterocycles. The third-order valence-electron chi connectivity index (χ3n) is 9.97. The molecule has 51 heavy (non-hydrogen) atoms. The third kappa shape index (κ3) is 5.11. The molecule has 9 aromatic rings. The average Bonchev–Trinajstić information content (AvgIpc) is 3.58. The molecule has 1 aromatic heterocycles. The largest absolute Gasteiger partial charge is 0.324 e. The second-order valence-corrected chi connectivity index (χ2v) is 14.0. The fourth-order valence-electron chi connectivity index (χ4n) is 7.55. The highest BCUT2D eigenvalue weighted by atomic mass is 32.1. The average molecular weight is 670 g/mol. The van der Waals surface area contributed by atoms with Crippen molar-refractivity contribution in [1.82, 2.24) is 5.32 Å². The van der Waals surface area contributed by atoms with E-state index in [4.69, 9.17) is 9.98 Å². The van der Waals surface area contributed by atoms with E-state index in [1.807, 2.05) is 17.4 Å². The van der Waals surface area contributed by atoms with E-state index in [1.165, 1.54) is 42.1 Å². The van der Waals surface area contributed by atoms with Crippen LogP contribution >= 0.6 is 11.3 Å². The van der Waals surface area contributed by atoms with Crippen molar-refractivity contribution >= 4 is 64.7 Å². The van der Waals surface area contributed by atoms with Crippen molar-refractivity contribution in [2.24, 2.45) is 9.98 Å². The summed E-state index contributed by atoms with van der Waals surface area (Å²) >= 11 is 1.85. The Morgan fingerprint density at radius 2 is 0.980 bits per heavy atom. The lowest BCUT2D eigenvalue weighted by Gasteiger charge is -2.25. The van der Waals surface area contributed by atoms with Crippen LogP contribution in [0.25, 0.3) is 64.0 Å². The Balaban J connectivity index is 1.17. The number of nitrogens with zero attached hydrogens (tertiary/aromatic N) is 2. The molecule has 10 rings (SSSR count). The predicted octanol–water partition coefficient (Wildman–Crippen LogP) is 12.2. The van der Waals surface area contributed by atoms with Gasteiger partial charge in [0.2, 0.25) is 0 Å². The van der Waals surface area contributed by atoms with Crippen molar-refractivity contribution in [2.75, 3.05) is 0 Å². The second kappa shape index (κ2) is 12.2. The zero-order chi connectivity index (χ0) is 33.7. The number of hydrogen-bond acceptors (Lipinski definition) is 4. The molecule has 1 atom stereocenters. The van der Waals surface area contributed by atoms with Crippen molar-refractivity contribution in [3.05, 3.63) is 193 Å². The number of nitrogens with one attached hydrogen (secondary N) is 1. The number of hydrogen-bond donors (Lipinski definition) is 1. The number of aliphatic imine (C=N–C) groups is 2. The number of amidine groups is 2. The first-order valence-corrected chi connectivity index (χ1v) is 18.1. The summed E-state index contributed by atoms with van der Waals surface area (Å²) in [7, 11) is 0. The fourth-order valence-corrected chi connectivity index (χ4v) is 8.64. The minimum absolute atomic E-state index is 0.467. The predicted molar refractivity (Wildman–Crippen MR) is 217 cm³/mol. The Bertz CT molecular complexity index is 2830. The SMILES string of the molecule is c1ccc(C2=NC(c3c(-c4ccccc4)ccc4ccccc34)N=C(c3ccc(-c4ccc5sc6ccccc6c5c4)c4ccccc34)N2)cc1. The standard InChI is InChI=1S/C47H31N3S/c1-3-13-30(14-4-1)36-25-23-31-15-7-8-18-35(31)44(36)47-49-45(32-16-5-2-6-17-32)48-46(50-47)40-27-26-34(37-19-9-10-20-38(37)40)33-24-28-43-41(29-33)39-21-11-12-22-42(39)51-43/h1-29,47H,(H,48,49,50). The third-order valence-corrected chi connectivity index (χ3v) is 11.1. The lowest BCUT2D eigenvalue weighted by Crippen LogP contribution is -2.36. The quantitative estimate of drug-likeness (QED) is 0.195. The Morgan fingerprint density at radius 3 is 1.78 bits per heavy atom. The van der Waals surface area contributed by atoms with Crippen LogP contribution in [0.2, 0.25) is 0 Å². The summed E-state index contributed by atoms with van der Waals surface area (Å²) in [4.78, 5) is 10.8. The Morgan fingerprint density at radius 1 is 0.392 bits per heavy atom. The maximum atomic E-state index is 5.47. The molecule has 2 heterocycles. The molecule has 1 N–H and O–H groups in total. The second-order valence-electron chi connectivity index (χ2n) is 12.9. The molecule has 0 fully saturated rings. The molecule has 0 amide bonds. The maximum absolute atomic E-state index is 5.47. The van der Waals surface area contributed by atoms with Gasteiger partial charge in [-0.15, -0.1) is 11.3 Å². The highest BCUT2D eigenvalue weighted by Gasteiger charge is 2.26. The molecule has 3 nitrogen and oxygen atoms in total. The van der Waals surface area contributed by atoms with Gasteiger partial charge < -0.3 is 5.32 Å². The van der Waals surface area contributed by atoms with E-state index in [1.54, 1.807) is 0 Å². The highest BCUT2D eigenvalue weighted by molar-refractivity contribution is 7.25. The minimum Gasteiger partial charge on any atom is -0.324 e. The molecule has 0 saturated heterocycles. The highest BCUT2D eigenvalue weighted by Crippen LogP contribution is 2.41. The van der Waals surface area contributed by atoms with Crippen LogP contribution in [0.1, 0.15) is 22.9 Å². The van der Waals surface area contributed by atoms with Crippen LogP contribution in [0.15, 0.2) is 186 Å². The van der Waals surface area contributed by atoms with Crippen LogP contribution in [0, 0.1) is 0 Å². The molecular formula is C47H31N3S. The molecule has 0 spiro atoms. The zero-order valence-electron chi connectivity index (χ0n) is 27.6. The van der Waals surface area contributed by atoms with Crippen LogP contribution in [0.4, 0.5) is 0 Å². The summed E-state index contributed by atoms with van der Waals surface area (Å²) in [5.74, 6) is 1.61. The van der Waals surface area contributed by atoms with E-state index >= 15 is 0 Å². The Kier molecular flexibility index (Phi) is 7.07. The van der Waals surface area contributed by atoms with Gasteiger partial charge in [-0.3, -0.25) is 0 Å². The van der Waals surface area contributed by atoms with Crippen molar-refractivity contribution in [1.29, 1.82) is 0 Å². The lowest BCUT2D eigenvalue weighted by atomic mass is 9.91. The topological polar surface area (TPSA) is 36.8 Å². The lowest BCUT2D eigenvalue weighted by molar-refractivity contribution is 0.764. The fraction of sp³-hybridized carbons (Fsp3) is 0.0213. The first-order chi connectivity index (χ1) is 25.3. The van der Waals surface area contributed by atoms with Crippen LogP contribution in [-0.2, 0) is 0 Å². The molecule has 0 radical (unpaired) electrons. The van der Waals surface area contributed by atoms with Gasteiger partial charge in [0.1, 0.15) is 11.7 Å². The van der Waals surface area contributed by atoms with Gasteiger partial charge in [-0.05, 0) is 62.0 Å². The number of benzene rings is 8. The number of fused-ring (bicyclic) bond motifs is 5. The molecule has 240 valence electrons. The van der Waals surface area contributed by atoms with Crippen molar-refractivity contribution in [3.63, 3.8) is 0 Å². The van der Waals surface area contributed by atoms with E-state index in [0.717, 1.165) is 50.3 Å². The van der Waals surface area contributed by atoms with Crippen LogP contribution in [0.3, 0.4) is 0 Å². The van der Waals surface area contributed by atoms with Crippen LogP contribution < -0.4 is 5.32 Å². The first kappa shape index (κ1) is 29.5. The van der Waals surface area contributed by atoms with Gasteiger partial charge in [0.15, 0.2) is 6.17 Å². The molecule has 8 aromatic carbocycles. The molecule has 0 bridgehead atoms. The van der Waals surface area contributed by atoms with Crippen LogP contribution in [-0.4, -0.2) is 11.7 Å². The summed E-state index contributed by atoms with van der Waals surface area (Å²) in [6, 6.07) is 62.7. The van der Waals surface area contributed by atoms with Gasteiger partial charge in [-0.25, -0.2) is 9.98 Å². The van der Waals surface area contributed by atoms with E-state index < -0.39 is 6.17 Å². The van der Waals surface area contributed by atoms with Gasteiger partial charge in [0.25, 0.3) is 0 Å². The monoisotopic (exact) mass is 669 g/mol. The molecule has 1 unspecified atom stereocenters. The van der Waals surface area contributed by atoms with Gasteiger partial charge in [-0.2, -0.15) is 0 Å². The van der Waals surface area contributed by atoms with Crippen molar-refractivity contribution in [3.8, 4) is 22.3 Å². The Labute approximate surface area is 299 Å². The number of rotatable bonds is 5. The van der Waals surface area contributed by atoms with Gasteiger partial charge >= 0.3 is 0 Å².